The molecule has 2 aromatic carbocycles. The van der Waals surface area contributed by atoms with Gasteiger partial charge in [0, 0.05) is 12.1 Å². The van der Waals surface area contributed by atoms with Crippen molar-refractivity contribution < 1.29 is 19.4 Å². The van der Waals surface area contributed by atoms with Crippen molar-refractivity contribution in [1.29, 1.82) is 0 Å². The zero-order valence-electron chi connectivity index (χ0n) is 18.7. The second-order valence-electron chi connectivity index (χ2n) is 8.49. The normalized spacial score (nSPS) is 18.1. The van der Waals surface area contributed by atoms with Gasteiger partial charge in [-0.25, -0.2) is 0 Å². The molecule has 5 nitrogen and oxygen atoms in total. The Morgan fingerprint density at radius 3 is 2.45 bits per heavy atom. The maximum absolute atomic E-state index is 13.0. The van der Waals surface area contributed by atoms with E-state index in [1.807, 2.05) is 38.1 Å². The molecule has 2 aromatic rings. The summed E-state index contributed by atoms with van der Waals surface area (Å²) in [6.07, 6.45) is 1.69. The number of benzene rings is 2. The van der Waals surface area contributed by atoms with E-state index in [0.717, 1.165) is 24.0 Å². The van der Waals surface area contributed by atoms with Crippen molar-refractivity contribution in [3.8, 4) is 5.75 Å². The number of aliphatic hydroxyl groups is 1. The highest BCUT2D eigenvalue weighted by atomic mass is 16.5. The second-order valence-corrected chi connectivity index (χ2v) is 8.49. The molecule has 1 aliphatic rings. The smallest absolute Gasteiger partial charge is 0.295 e. The number of ether oxygens (including phenoxy) is 1. The molecule has 164 valence electrons. The Morgan fingerprint density at radius 1 is 1.13 bits per heavy atom. The molecule has 0 aromatic heterocycles. The number of Topliss-reactive ketones (excluding diaryl/α,β-unsaturated/α-hetero) is 1. The number of likely N-dealkylation sites (tertiary alicyclic amines) is 1. The summed E-state index contributed by atoms with van der Waals surface area (Å²) in [5.74, 6) is -0.247. The highest BCUT2D eigenvalue weighted by Gasteiger charge is 2.45. The number of hydrogen-bond acceptors (Lipinski definition) is 4. The van der Waals surface area contributed by atoms with Crippen molar-refractivity contribution in [2.75, 3.05) is 13.2 Å². The minimum Gasteiger partial charge on any atom is -0.507 e. The Balaban J connectivity index is 2.03. The number of carbonyl (C=O) groups excluding carboxylic acids is 2. The monoisotopic (exact) mass is 421 g/mol. The fourth-order valence-electron chi connectivity index (χ4n) is 3.75. The zero-order chi connectivity index (χ0) is 22.5. The van der Waals surface area contributed by atoms with Crippen LogP contribution in [-0.4, -0.2) is 34.8 Å². The molecule has 1 amide bonds. The number of aliphatic hydroxyl groups excluding tert-OH is 1. The summed E-state index contributed by atoms with van der Waals surface area (Å²) in [6.45, 7) is 9.23. The lowest BCUT2D eigenvalue weighted by Crippen LogP contribution is -2.30. The summed E-state index contributed by atoms with van der Waals surface area (Å²) in [7, 11) is 0. The summed E-state index contributed by atoms with van der Waals surface area (Å²) in [6, 6.07) is 14.1. The van der Waals surface area contributed by atoms with Crippen LogP contribution >= 0.6 is 0 Å². The molecule has 1 unspecified atom stereocenters. The van der Waals surface area contributed by atoms with E-state index < -0.39 is 17.7 Å². The molecule has 1 atom stereocenters. The van der Waals surface area contributed by atoms with Crippen molar-refractivity contribution >= 4 is 17.4 Å². The summed E-state index contributed by atoms with van der Waals surface area (Å²) in [4.78, 5) is 27.4. The van der Waals surface area contributed by atoms with Crippen LogP contribution in [0.1, 0.15) is 56.3 Å². The Morgan fingerprint density at radius 2 is 1.84 bits per heavy atom. The number of aryl methyl sites for hydroxylation is 1. The zero-order valence-corrected chi connectivity index (χ0v) is 18.7. The Kier molecular flexibility index (Phi) is 7.16. The Hall–Kier alpha value is -3.08. The van der Waals surface area contributed by atoms with E-state index in [4.69, 9.17) is 4.74 Å². The van der Waals surface area contributed by atoms with Gasteiger partial charge in [-0.2, -0.15) is 0 Å². The predicted octanol–water partition coefficient (Wildman–Crippen LogP) is 5.25. The van der Waals surface area contributed by atoms with Gasteiger partial charge in [0.1, 0.15) is 11.5 Å². The highest BCUT2D eigenvalue weighted by Crippen LogP contribution is 2.39. The maximum Gasteiger partial charge on any atom is 0.295 e. The number of hydrogen-bond donors (Lipinski definition) is 1. The molecule has 0 aliphatic carbocycles. The molecule has 5 heteroatoms. The first kappa shape index (κ1) is 22.6. The fraction of sp³-hybridized carbons (Fsp3) is 0.385. The lowest BCUT2D eigenvalue weighted by Gasteiger charge is -2.25. The largest absolute Gasteiger partial charge is 0.507 e. The van der Waals surface area contributed by atoms with Gasteiger partial charge in [-0.15, -0.1) is 0 Å². The van der Waals surface area contributed by atoms with Crippen molar-refractivity contribution in [2.24, 2.45) is 5.92 Å². The number of nitrogens with zero attached hydrogens (tertiary/aromatic N) is 1. The third-order valence-electron chi connectivity index (χ3n) is 5.36. The van der Waals surface area contributed by atoms with Gasteiger partial charge in [-0.05, 0) is 49.1 Å². The third-order valence-corrected chi connectivity index (χ3v) is 5.36. The average molecular weight is 422 g/mol. The van der Waals surface area contributed by atoms with Crippen LogP contribution in [0, 0.1) is 12.8 Å². The van der Waals surface area contributed by atoms with Gasteiger partial charge >= 0.3 is 0 Å². The third kappa shape index (κ3) is 4.98. The molecular formula is C26H31NO4. The van der Waals surface area contributed by atoms with Gasteiger partial charge < -0.3 is 14.7 Å². The molecule has 0 radical (unpaired) electrons. The van der Waals surface area contributed by atoms with E-state index in [1.165, 1.54) is 0 Å². The molecular weight excluding hydrogens is 390 g/mol. The van der Waals surface area contributed by atoms with E-state index in [0.29, 0.717) is 30.4 Å². The van der Waals surface area contributed by atoms with E-state index >= 15 is 0 Å². The quantitative estimate of drug-likeness (QED) is 0.359. The highest BCUT2D eigenvalue weighted by molar-refractivity contribution is 6.46. The SMILES string of the molecule is CCCCN1C(=O)C(=O)/C(=C(\O)c2ccc(OCC(C)C)cc2)C1c1cccc(C)c1. The number of ketones is 1. The molecule has 1 N–H and O–H groups in total. The van der Waals surface area contributed by atoms with Crippen molar-refractivity contribution in [1.82, 2.24) is 4.90 Å². The molecule has 0 spiro atoms. The lowest BCUT2D eigenvalue weighted by atomic mass is 9.94. The standard InChI is InChI=1S/C26H31NO4/c1-5-6-14-27-23(20-9-7-8-18(4)15-20)22(25(29)26(27)30)24(28)19-10-12-21(13-11-19)31-16-17(2)3/h7-13,15,17,23,28H,5-6,14,16H2,1-4H3/b24-22-. The first-order valence-electron chi connectivity index (χ1n) is 10.9. The summed E-state index contributed by atoms with van der Waals surface area (Å²) >= 11 is 0. The number of rotatable bonds is 8. The number of amides is 1. The summed E-state index contributed by atoms with van der Waals surface area (Å²) < 4.78 is 5.70. The van der Waals surface area contributed by atoms with Crippen LogP contribution in [0.5, 0.6) is 5.75 Å². The van der Waals surface area contributed by atoms with Gasteiger partial charge in [0.15, 0.2) is 0 Å². The van der Waals surface area contributed by atoms with Crippen LogP contribution in [0.3, 0.4) is 0 Å². The predicted molar refractivity (Wildman–Crippen MR) is 122 cm³/mol. The first-order valence-corrected chi connectivity index (χ1v) is 10.9. The minimum absolute atomic E-state index is 0.141. The molecule has 0 bridgehead atoms. The van der Waals surface area contributed by atoms with Crippen LogP contribution in [0.25, 0.3) is 5.76 Å². The summed E-state index contributed by atoms with van der Waals surface area (Å²) in [5.41, 5.74) is 2.49. The lowest BCUT2D eigenvalue weighted by molar-refractivity contribution is -0.139. The van der Waals surface area contributed by atoms with Gasteiger partial charge in [0.25, 0.3) is 11.7 Å². The Labute approximate surface area is 184 Å². The topological polar surface area (TPSA) is 66.8 Å². The fourth-order valence-corrected chi connectivity index (χ4v) is 3.75. The molecule has 0 saturated carbocycles. The Bertz CT molecular complexity index is 975. The first-order chi connectivity index (χ1) is 14.8. The molecule has 1 saturated heterocycles. The molecule has 1 fully saturated rings. The van der Waals surface area contributed by atoms with Crippen molar-refractivity contribution in [2.45, 2.75) is 46.6 Å². The van der Waals surface area contributed by atoms with Gasteiger partial charge in [0.05, 0.1) is 18.2 Å². The van der Waals surface area contributed by atoms with Crippen molar-refractivity contribution in [3.05, 3.63) is 70.8 Å². The van der Waals surface area contributed by atoms with Crippen LogP contribution in [0.2, 0.25) is 0 Å². The van der Waals surface area contributed by atoms with Crippen LogP contribution < -0.4 is 4.74 Å². The average Bonchev–Trinajstić information content (AvgIpc) is 3.01. The van der Waals surface area contributed by atoms with E-state index in [-0.39, 0.29) is 11.3 Å². The van der Waals surface area contributed by atoms with Gasteiger partial charge in [-0.1, -0.05) is 57.0 Å². The maximum atomic E-state index is 13.0. The minimum atomic E-state index is -0.639. The van der Waals surface area contributed by atoms with E-state index in [1.54, 1.807) is 29.2 Å². The molecule has 1 aliphatic heterocycles. The summed E-state index contributed by atoms with van der Waals surface area (Å²) in [5, 5.41) is 11.1. The van der Waals surface area contributed by atoms with E-state index in [9.17, 15) is 14.7 Å². The second kappa shape index (κ2) is 9.82. The van der Waals surface area contributed by atoms with Crippen LogP contribution in [-0.2, 0) is 9.59 Å². The molecule has 1 heterocycles. The van der Waals surface area contributed by atoms with E-state index in [2.05, 4.69) is 13.8 Å². The van der Waals surface area contributed by atoms with Gasteiger partial charge in [0.2, 0.25) is 0 Å². The number of carbonyl (C=O) groups is 2. The van der Waals surface area contributed by atoms with Gasteiger partial charge in [-0.3, -0.25) is 9.59 Å². The van der Waals surface area contributed by atoms with Crippen LogP contribution in [0.4, 0.5) is 0 Å². The van der Waals surface area contributed by atoms with Crippen molar-refractivity contribution in [3.63, 3.8) is 0 Å². The molecule has 31 heavy (non-hydrogen) atoms. The van der Waals surface area contributed by atoms with Crippen LogP contribution in [0.15, 0.2) is 54.1 Å². The molecule has 3 rings (SSSR count). The number of unbranched alkanes of at least 4 members (excludes halogenated alkanes) is 1.